The first-order valence-corrected chi connectivity index (χ1v) is 10.7. The number of benzene rings is 3. The van der Waals surface area contributed by atoms with Crippen molar-refractivity contribution >= 4 is 41.2 Å². The van der Waals surface area contributed by atoms with E-state index in [1.54, 1.807) is 48.5 Å². The van der Waals surface area contributed by atoms with Crippen molar-refractivity contribution in [2.45, 2.75) is 0 Å². The standard InChI is InChI=1S/C26H21N3O7/c1-35-22-8-3-2-7-21(22)27-23(31)15-36-19-6-4-5-16(13-19)14-20-24(32)28-26(34)29(25(20)33)17-9-11-18(30)12-10-17/h2-14,30H,15H2,1H3,(H,27,31)(H,28,32,34)/b20-14-. The van der Waals surface area contributed by atoms with Gasteiger partial charge in [-0.3, -0.25) is 19.7 Å². The molecule has 3 N–H and O–H groups in total. The first kappa shape index (κ1) is 24.0. The molecule has 0 aliphatic carbocycles. The normalized spacial score (nSPS) is 14.4. The maximum atomic E-state index is 13.0. The summed E-state index contributed by atoms with van der Waals surface area (Å²) in [6.45, 7) is -0.291. The fourth-order valence-electron chi connectivity index (χ4n) is 3.44. The van der Waals surface area contributed by atoms with Crippen LogP contribution in [0.15, 0.2) is 78.4 Å². The highest BCUT2D eigenvalue weighted by molar-refractivity contribution is 6.39. The molecule has 1 saturated heterocycles. The largest absolute Gasteiger partial charge is 0.508 e. The van der Waals surface area contributed by atoms with Gasteiger partial charge in [-0.05, 0) is 60.2 Å². The van der Waals surface area contributed by atoms with E-state index in [2.05, 4.69) is 10.6 Å². The average Bonchev–Trinajstić information content (AvgIpc) is 2.87. The zero-order valence-corrected chi connectivity index (χ0v) is 19.1. The molecule has 0 aromatic heterocycles. The maximum Gasteiger partial charge on any atom is 0.335 e. The SMILES string of the molecule is COc1ccccc1NC(=O)COc1cccc(/C=C2/C(=O)NC(=O)N(c3ccc(O)cc3)C2=O)c1. The Labute approximate surface area is 205 Å². The van der Waals surface area contributed by atoms with Crippen LogP contribution >= 0.6 is 0 Å². The van der Waals surface area contributed by atoms with E-state index in [0.29, 0.717) is 22.7 Å². The van der Waals surface area contributed by atoms with Gasteiger partial charge in [0.25, 0.3) is 17.7 Å². The topological polar surface area (TPSA) is 134 Å². The highest BCUT2D eigenvalue weighted by Gasteiger charge is 2.36. The molecular formula is C26H21N3O7. The third-order valence-electron chi connectivity index (χ3n) is 5.13. The van der Waals surface area contributed by atoms with Crippen LogP contribution in [-0.2, 0) is 14.4 Å². The van der Waals surface area contributed by atoms with E-state index < -0.39 is 23.8 Å². The van der Waals surface area contributed by atoms with Gasteiger partial charge in [0.1, 0.15) is 22.8 Å². The number of carbonyl (C=O) groups is 4. The molecule has 3 aromatic carbocycles. The molecular weight excluding hydrogens is 466 g/mol. The zero-order chi connectivity index (χ0) is 25.7. The van der Waals surface area contributed by atoms with Crippen molar-refractivity contribution in [2.24, 2.45) is 0 Å². The van der Waals surface area contributed by atoms with Crippen molar-refractivity contribution in [1.29, 1.82) is 0 Å². The average molecular weight is 487 g/mol. The molecule has 4 rings (SSSR count). The minimum atomic E-state index is -0.897. The number of carbonyl (C=O) groups excluding carboxylic acids is 4. The number of phenolic OH excluding ortho intramolecular Hbond substituents is 1. The number of hydrogen-bond donors (Lipinski definition) is 3. The van der Waals surface area contributed by atoms with Crippen LogP contribution in [0.1, 0.15) is 5.56 Å². The molecule has 5 amide bonds. The van der Waals surface area contributed by atoms with Crippen LogP contribution in [0.25, 0.3) is 6.08 Å². The number of barbiturate groups is 1. The predicted octanol–water partition coefficient (Wildman–Crippen LogP) is 3.08. The van der Waals surface area contributed by atoms with Gasteiger partial charge >= 0.3 is 6.03 Å². The second-order valence-corrected chi connectivity index (χ2v) is 7.58. The Morgan fingerprint density at radius 1 is 1.03 bits per heavy atom. The predicted molar refractivity (Wildman–Crippen MR) is 131 cm³/mol. The molecule has 0 unspecified atom stereocenters. The third-order valence-corrected chi connectivity index (χ3v) is 5.13. The van der Waals surface area contributed by atoms with Crippen LogP contribution in [0.5, 0.6) is 17.2 Å². The van der Waals surface area contributed by atoms with Gasteiger partial charge in [0.05, 0.1) is 18.5 Å². The van der Waals surface area contributed by atoms with E-state index in [4.69, 9.17) is 9.47 Å². The summed E-state index contributed by atoms with van der Waals surface area (Å²) >= 11 is 0. The zero-order valence-electron chi connectivity index (χ0n) is 19.1. The Balaban J connectivity index is 1.48. The minimum absolute atomic E-state index is 0.0381. The third kappa shape index (κ3) is 5.33. The molecule has 10 nitrogen and oxygen atoms in total. The number of phenols is 1. The number of para-hydroxylation sites is 2. The van der Waals surface area contributed by atoms with Gasteiger partial charge in [-0.15, -0.1) is 0 Å². The number of aromatic hydroxyl groups is 1. The lowest BCUT2D eigenvalue weighted by molar-refractivity contribution is -0.122. The van der Waals surface area contributed by atoms with Crippen molar-refractivity contribution in [3.8, 4) is 17.2 Å². The summed E-state index contributed by atoms with van der Waals surface area (Å²) in [5, 5.41) is 14.3. The molecule has 0 atom stereocenters. The Morgan fingerprint density at radius 2 is 1.78 bits per heavy atom. The van der Waals surface area contributed by atoms with Gasteiger partial charge in [-0.25, -0.2) is 9.69 Å². The fourth-order valence-corrected chi connectivity index (χ4v) is 3.44. The van der Waals surface area contributed by atoms with Crippen LogP contribution in [0, 0.1) is 0 Å². The summed E-state index contributed by atoms with van der Waals surface area (Å²) in [6, 6.07) is 17.9. The van der Waals surface area contributed by atoms with Crippen LogP contribution in [0.4, 0.5) is 16.2 Å². The van der Waals surface area contributed by atoms with E-state index in [1.165, 1.54) is 37.5 Å². The molecule has 1 aliphatic rings. The first-order chi connectivity index (χ1) is 17.4. The van der Waals surface area contributed by atoms with E-state index in [9.17, 15) is 24.3 Å². The molecule has 10 heteroatoms. The molecule has 3 aromatic rings. The summed E-state index contributed by atoms with van der Waals surface area (Å²) in [4.78, 5) is 50.8. The Morgan fingerprint density at radius 3 is 2.53 bits per heavy atom. The molecule has 0 bridgehead atoms. The van der Waals surface area contributed by atoms with Crippen molar-refractivity contribution in [1.82, 2.24) is 5.32 Å². The number of ether oxygens (including phenoxy) is 2. The van der Waals surface area contributed by atoms with E-state index >= 15 is 0 Å². The number of rotatable bonds is 7. The lowest BCUT2D eigenvalue weighted by atomic mass is 10.1. The Hall–Kier alpha value is -5.12. The van der Waals surface area contributed by atoms with Crippen molar-refractivity contribution in [2.75, 3.05) is 23.9 Å². The summed E-state index contributed by atoms with van der Waals surface area (Å²) in [7, 11) is 1.50. The van der Waals surface area contributed by atoms with Crippen LogP contribution < -0.4 is 25.0 Å². The van der Waals surface area contributed by atoms with Crippen LogP contribution in [0.3, 0.4) is 0 Å². The van der Waals surface area contributed by atoms with Gasteiger partial charge in [0.15, 0.2) is 6.61 Å². The number of nitrogens with zero attached hydrogens (tertiary/aromatic N) is 1. The number of methoxy groups -OCH3 is 1. The second-order valence-electron chi connectivity index (χ2n) is 7.58. The van der Waals surface area contributed by atoms with E-state index in [0.717, 1.165) is 4.90 Å². The number of urea groups is 1. The quantitative estimate of drug-likeness (QED) is 0.344. The number of nitrogens with one attached hydrogen (secondary N) is 2. The summed E-state index contributed by atoms with van der Waals surface area (Å²) in [5.41, 5.74) is 0.860. The highest BCUT2D eigenvalue weighted by Crippen LogP contribution is 2.25. The molecule has 1 aliphatic heterocycles. The molecule has 36 heavy (non-hydrogen) atoms. The van der Waals surface area contributed by atoms with Gasteiger partial charge < -0.3 is 19.9 Å². The fraction of sp³-hybridized carbons (Fsp3) is 0.0769. The van der Waals surface area contributed by atoms with Gasteiger partial charge in [0.2, 0.25) is 0 Å². The summed E-state index contributed by atoms with van der Waals surface area (Å²) < 4.78 is 10.8. The molecule has 0 radical (unpaired) electrons. The van der Waals surface area contributed by atoms with Crippen molar-refractivity contribution < 1.29 is 33.8 Å². The Kier molecular flexibility index (Phi) is 6.96. The number of imide groups is 2. The number of amides is 5. The lowest BCUT2D eigenvalue weighted by Gasteiger charge is -2.26. The summed E-state index contributed by atoms with van der Waals surface area (Å²) in [5.74, 6) is -1.28. The van der Waals surface area contributed by atoms with Gasteiger partial charge in [0, 0.05) is 0 Å². The van der Waals surface area contributed by atoms with Crippen LogP contribution in [-0.4, -0.2) is 42.6 Å². The number of anilines is 2. The van der Waals surface area contributed by atoms with E-state index in [1.807, 2.05) is 0 Å². The number of hydrogen-bond acceptors (Lipinski definition) is 7. The van der Waals surface area contributed by atoms with Gasteiger partial charge in [-0.1, -0.05) is 24.3 Å². The lowest BCUT2D eigenvalue weighted by Crippen LogP contribution is -2.54. The second kappa shape index (κ2) is 10.4. The van der Waals surface area contributed by atoms with E-state index in [-0.39, 0.29) is 23.6 Å². The Bertz CT molecular complexity index is 1370. The molecule has 182 valence electrons. The monoisotopic (exact) mass is 487 g/mol. The van der Waals surface area contributed by atoms with Crippen molar-refractivity contribution in [3.63, 3.8) is 0 Å². The highest BCUT2D eigenvalue weighted by atomic mass is 16.5. The molecule has 1 fully saturated rings. The molecule has 0 spiro atoms. The first-order valence-electron chi connectivity index (χ1n) is 10.7. The smallest absolute Gasteiger partial charge is 0.335 e. The summed E-state index contributed by atoms with van der Waals surface area (Å²) in [6.07, 6.45) is 1.32. The van der Waals surface area contributed by atoms with Gasteiger partial charge in [-0.2, -0.15) is 0 Å². The molecule has 1 heterocycles. The minimum Gasteiger partial charge on any atom is -0.508 e. The van der Waals surface area contributed by atoms with Crippen molar-refractivity contribution in [3.05, 3.63) is 83.9 Å². The molecule has 0 saturated carbocycles. The maximum absolute atomic E-state index is 13.0. The van der Waals surface area contributed by atoms with Crippen LogP contribution in [0.2, 0.25) is 0 Å².